The molecule has 2 heterocycles. The Labute approximate surface area is 135 Å². The maximum absolute atomic E-state index is 5.77. The van der Waals surface area contributed by atoms with E-state index in [4.69, 9.17) is 9.47 Å². The van der Waals surface area contributed by atoms with Gasteiger partial charge in [0.25, 0.3) is 0 Å². The first kappa shape index (κ1) is 13.8. The fourth-order valence-corrected chi connectivity index (χ4v) is 4.03. The lowest BCUT2D eigenvalue weighted by Crippen LogP contribution is -2.23. The molecule has 2 aromatic carbocycles. The van der Waals surface area contributed by atoms with E-state index in [1.165, 1.54) is 34.0 Å². The number of benzene rings is 2. The minimum absolute atomic E-state index is 0.629. The summed E-state index contributed by atoms with van der Waals surface area (Å²) in [6.45, 7) is 4.52. The van der Waals surface area contributed by atoms with Crippen LogP contribution in [0.3, 0.4) is 0 Å². The average molecular weight is 313 g/mol. The SMILES string of the molecule is CCCCN1c2ccccc2Sc2cc3c(cc21)OCCO3. The molecular formula is C18H19NO2S. The van der Waals surface area contributed by atoms with Gasteiger partial charge >= 0.3 is 0 Å². The molecule has 0 aromatic heterocycles. The van der Waals surface area contributed by atoms with Gasteiger partial charge in [-0.1, -0.05) is 37.2 Å². The number of rotatable bonds is 3. The molecule has 0 unspecified atom stereocenters. The maximum Gasteiger partial charge on any atom is 0.163 e. The number of unbranched alkanes of at least 4 members (excludes halogenated alkanes) is 1. The van der Waals surface area contributed by atoms with Crippen molar-refractivity contribution < 1.29 is 9.47 Å². The molecule has 0 amide bonds. The normalized spacial score (nSPS) is 15.2. The van der Waals surface area contributed by atoms with Crippen LogP contribution in [0, 0.1) is 0 Å². The minimum atomic E-state index is 0.629. The summed E-state index contributed by atoms with van der Waals surface area (Å²) in [7, 11) is 0. The fraction of sp³-hybridized carbons (Fsp3) is 0.333. The Morgan fingerprint density at radius 3 is 2.59 bits per heavy atom. The van der Waals surface area contributed by atoms with Crippen molar-refractivity contribution in [1.82, 2.24) is 0 Å². The second-order valence-corrected chi connectivity index (χ2v) is 6.62. The number of hydrogen-bond donors (Lipinski definition) is 0. The van der Waals surface area contributed by atoms with Crippen LogP contribution in [-0.4, -0.2) is 19.8 Å². The Morgan fingerprint density at radius 1 is 1.00 bits per heavy atom. The molecule has 0 N–H and O–H groups in total. The van der Waals surface area contributed by atoms with Crippen LogP contribution in [0.25, 0.3) is 0 Å². The third kappa shape index (κ3) is 2.31. The van der Waals surface area contributed by atoms with Crippen molar-refractivity contribution >= 4 is 23.1 Å². The molecule has 0 atom stereocenters. The zero-order chi connectivity index (χ0) is 14.9. The van der Waals surface area contributed by atoms with E-state index < -0.39 is 0 Å². The van der Waals surface area contributed by atoms with E-state index in [-0.39, 0.29) is 0 Å². The summed E-state index contributed by atoms with van der Waals surface area (Å²) in [5.41, 5.74) is 2.53. The van der Waals surface area contributed by atoms with Crippen molar-refractivity contribution in [3.8, 4) is 11.5 Å². The molecule has 4 heteroatoms. The summed E-state index contributed by atoms with van der Waals surface area (Å²) in [4.78, 5) is 4.98. The fourth-order valence-electron chi connectivity index (χ4n) is 2.92. The van der Waals surface area contributed by atoms with Gasteiger partial charge in [-0.05, 0) is 18.6 Å². The number of hydrogen-bond acceptors (Lipinski definition) is 4. The van der Waals surface area contributed by atoms with Gasteiger partial charge in [0.15, 0.2) is 11.5 Å². The molecule has 0 saturated carbocycles. The molecule has 0 radical (unpaired) electrons. The van der Waals surface area contributed by atoms with Crippen LogP contribution in [-0.2, 0) is 0 Å². The van der Waals surface area contributed by atoms with Gasteiger partial charge in [0.2, 0.25) is 0 Å². The Morgan fingerprint density at radius 2 is 1.77 bits per heavy atom. The number of para-hydroxylation sites is 1. The molecule has 0 aliphatic carbocycles. The highest BCUT2D eigenvalue weighted by Gasteiger charge is 2.26. The van der Waals surface area contributed by atoms with Gasteiger partial charge in [-0.2, -0.15) is 0 Å². The third-order valence-electron chi connectivity index (χ3n) is 4.03. The summed E-state index contributed by atoms with van der Waals surface area (Å²) < 4.78 is 11.5. The highest BCUT2D eigenvalue weighted by atomic mass is 32.2. The second-order valence-electron chi connectivity index (χ2n) is 5.54. The Bertz CT molecular complexity index is 701. The molecule has 0 fully saturated rings. The van der Waals surface area contributed by atoms with Crippen LogP contribution < -0.4 is 14.4 Å². The van der Waals surface area contributed by atoms with Gasteiger partial charge in [-0.15, -0.1) is 0 Å². The lowest BCUT2D eigenvalue weighted by molar-refractivity contribution is 0.171. The van der Waals surface area contributed by atoms with Crippen LogP contribution in [0.15, 0.2) is 46.2 Å². The minimum Gasteiger partial charge on any atom is -0.486 e. The average Bonchev–Trinajstić information content (AvgIpc) is 2.57. The van der Waals surface area contributed by atoms with Gasteiger partial charge in [0.1, 0.15) is 13.2 Å². The van der Waals surface area contributed by atoms with Gasteiger partial charge in [0.05, 0.1) is 11.4 Å². The number of nitrogens with zero attached hydrogens (tertiary/aromatic N) is 1. The molecule has 4 rings (SSSR count). The second kappa shape index (κ2) is 5.76. The molecule has 0 spiro atoms. The van der Waals surface area contributed by atoms with Crippen molar-refractivity contribution in [2.45, 2.75) is 29.6 Å². The monoisotopic (exact) mass is 313 g/mol. The van der Waals surface area contributed by atoms with Gasteiger partial charge < -0.3 is 14.4 Å². The quantitative estimate of drug-likeness (QED) is 0.806. The first-order valence-electron chi connectivity index (χ1n) is 7.85. The molecule has 0 saturated heterocycles. The number of anilines is 2. The first-order valence-corrected chi connectivity index (χ1v) is 8.66. The van der Waals surface area contributed by atoms with E-state index in [9.17, 15) is 0 Å². The third-order valence-corrected chi connectivity index (χ3v) is 5.14. The summed E-state index contributed by atoms with van der Waals surface area (Å²) in [6.07, 6.45) is 2.36. The van der Waals surface area contributed by atoms with Crippen molar-refractivity contribution in [2.75, 3.05) is 24.7 Å². The summed E-state index contributed by atoms with van der Waals surface area (Å²) in [6, 6.07) is 12.9. The van der Waals surface area contributed by atoms with Crippen LogP contribution in [0.4, 0.5) is 11.4 Å². The lowest BCUT2D eigenvalue weighted by atomic mass is 10.2. The molecule has 0 bridgehead atoms. The maximum atomic E-state index is 5.77. The smallest absolute Gasteiger partial charge is 0.163 e. The number of fused-ring (bicyclic) bond motifs is 3. The molecule has 3 nitrogen and oxygen atoms in total. The van der Waals surface area contributed by atoms with E-state index in [1.54, 1.807) is 0 Å². The van der Waals surface area contributed by atoms with Crippen LogP contribution >= 0.6 is 11.8 Å². The molecule has 2 aliphatic heterocycles. The van der Waals surface area contributed by atoms with Gasteiger partial charge in [-0.3, -0.25) is 0 Å². The zero-order valence-electron chi connectivity index (χ0n) is 12.7. The van der Waals surface area contributed by atoms with Crippen molar-refractivity contribution in [1.29, 1.82) is 0 Å². The number of ether oxygens (including phenoxy) is 2. The van der Waals surface area contributed by atoms with Crippen LogP contribution in [0.1, 0.15) is 19.8 Å². The van der Waals surface area contributed by atoms with Gasteiger partial charge in [-0.25, -0.2) is 0 Å². The van der Waals surface area contributed by atoms with Crippen molar-refractivity contribution in [3.63, 3.8) is 0 Å². The van der Waals surface area contributed by atoms with Crippen molar-refractivity contribution in [3.05, 3.63) is 36.4 Å². The Hall–Kier alpha value is -1.81. The molecule has 2 aromatic rings. The van der Waals surface area contributed by atoms with E-state index in [1.807, 2.05) is 11.8 Å². The lowest BCUT2D eigenvalue weighted by Gasteiger charge is -2.34. The molecule has 22 heavy (non-hydrogen) atoms. The molecular weight excluding hydrogens is 294 g/mol. The van der Waals surface area contributed by atoms with E-state index in [2.05, 4.69) is 48.2 Å². The van der Waals surface area contributed by atoms with Gasteiger partial charge in [0, 0.05) is 28.5 Å². The highest BCUT2D eigenvalue weighted by Crippen LogP contribution is 2.51. The Balaban J connectivity index is 1.81. The standard InChI is InChI=1S/C18H19NO2S/c1-2-3-8-19-13-6-4-5-7-17(13)22-18-12-16-15(11-14(18)19)20-9-10-21-16/h4-7,11-12H,2-3,8-10H2,1H3. The van der Waals surface area contributed by atoms with E-state index in [0.29, 0.717) is 13.2 Å². The zero-order valence-corrected chi connectivity index (χ0v) is 13.5. The Kier molecular flexibility index (Phi) is 3.62. The summed E-state index contributed by atoms with van der Waals surface area (Å²) >= 11 is 1.82. The largest absolute Gasteiger partial charge is 0.486 e. The van der Waals surface area contributed by atoms with E-state index in [0.717, 1.165) is 18.0 Å². The van der Waals surface area contributed by atoms with Crippen molar-refractivity contribution in [2.24, 2.45) is 0 Å². The molecule has 2 aliphatic rings. The van der Waals surface area contributed by atoms with E-state index >= 15 is 0 Å². The topological polar surface area (TPSA) is 21.7 Å². The molecule has 114 valence electrons. The van der Waals surface area contributed by atoms with Crippen LogP contribution in [0.5, 0.6) is 11.5 Å². The summed E-state index contributed by atoms with van der Waals surface area (Å²) in [5.74, 6) is 1.74. The summed E-state index contributed by atoms with van der Waals surface area (Å²) in [5, 5.41) is 0. The highest BCUT2D eigenvalue weighted by molar-refractivity contribution is 7.99. The predicted octanol–water partition coefficient (Wildman–Crippen LogP) is 4.86. The van der Waals surface area contributed by atoms with Crippen LogP contribution in [0.2, 0.25) is 0 Å². The first-order chi connectivity index (χ1) is 10.9. The predicted molar refractivity (Wildman–Crippen MR) is 89.9 cm³/mol.